The highest BCUT2D eigenvalue weighted by Gasteiger charge is 2.61. The summed E-state index contributed by atoms with van der Waals surface area (Å²) in [4.78, 5) is 26.5. The number of anilines is 1. The van der Waals surface area contributed by atoms with Crippen molar-refractivity contribution in [1.29, 1.82) is 0 Å². The van der Waals surface area contributed by atoms with Crippen LogP contribution in [0.3, 0.4) is 0 Å². The summed E-state index contributed by atoms with van der Waals surface area (Å²) in [6.07, 6.45) is 6.66. The third kappa shape index (κ3) is 4.01. The van der Waals surface area contributed by atoms with Gasteiger partial charge in [-0.1, -0.05) is 63.0 Å². The summed E-state index contributed by atoms with van der Waals surface area (Å²) in [5.41, 5.74) is 2.23. The van der Waals surface area contributed by atoms with E-state index in [0.29, 0.717) is 12.8 Å². The van der Waals surface area contributed by atoms with E-state index >= 15 is 0 Å². The van der Waals surface area contributed by atoms with Gasteiger partial charge in [-0.2, -0.15) is 0 Å². The van der Waals surface area contributed by atoms with Crippen molar-refractivity contribution in [2.75, 3.05) is 5.32 Å². The molecule has 2 N–H and O–H groups in total. The van der Waals surface area contributed by atoms with E-state index in [1.165, 1.54) is 5.57 Å². The molecule has 1 aromatic carbocycles. The predicted octanol–water partition coefficient (Wildman–Crippen LogP) is 4.99. The van der Waals surface area contributed by atoms with E-state index < -0.39 is 5.54 Å². The van der Waals surface area contributed by atoms with Crippen LogP contribution in [0.5, 0.6) is 0 Å². The number of benzene rings is 1. The third-order valence-corrected chi connectivity index (χ3v) is 6.60. The van der Waals surface area contributed by atoms with Crippen LogP contribution in [-0.2, 0) is 9.59 Å². The molecule has 3 rings (SSSR count). The number of rotatable bonds is 5. The zero-order valence-electron chi connectivity index (χ0n) is 17.9. The van der Waals surface area contributed by atoms with Crippen molar-refractivity contribution < 1.29 is 9.59 Å². The number of hydrogen-bond acceptors (Lipinski definition) is 2. The van der Waals surface area contributed by atoms with Gasteiger partial charge in [0.15, 0.2) is 0 Å². The summed E-state index contributed by atoms with van der Waals surface area (Å²) in [6.45, 7) is 10.4. The Morgan fingerprint density at radius 1 is 1.07 bits per heavy atom. The summed E-state index contributed by atoms with van der Waals surface area (Å²) in [5, 5.41) is 6.30. The van der Waals surface area contributed by atoms with Gasteiger partial charge in [0.05, 0.1) is 5.92 Å². The molecule has 2 atom stereocenters. The number of para-hydroxylation sites is 1. The van der Waals surface area contributed by atoms with Crippen molar-refractivity contribution in [3.8, 4) is 0 Å². The van der Waals surface area contributed by atoms with Crippen LogP contribution in [0, 0.1) is 24.2 Å². The van der Waals surface area contributed by atoms with E-state index in [1.807, 2.05) is 31.2 Å². The molecule has 1 aromatic rings. The molecule has 152 valence electrons. The van der Waals surface area contributed by atoms with Gasteiger partial charge in [-0.15, -0.1) is 0 Å². The fourth-order valence-electron chi connectivity index (χ4n) is 4.68. The maximum absolute atomic E-state index is 13.3. The molecule has 4 nitrogen and oxygen atoms in total. The molecule has 0 saturated heterocycles. The molecule has 0 heterocycles. The molecule has 0 spiro atoms. The summed E-state index contributed by atoms with van der Waals surface area (Å²) in [7, 11) is 0. The second-order valence-electron chi connectivity index (χ2n) is 9.47. The van der Waals surface area contributed by atoms with E-state index in [0.717, 1.165) is 30.5 Å². The minimum atomic E-state index is -0.800. The van der Waals surface area contributed by atoms with Gasteiger partial charge < -0.3 is 10.6 Å². The van der Waals surface area contributed by atoms with E-state index in [-0.39, 0.29) is 29.1 Å². The average Bonchev–Trinajstić information content (AvgIpc) is 3.17. The molecular weight excluding hydrogens is 348 g/mol. The summed E-state index contributed by atoms with van der Waals surface area (Å²) < 4.78 is 0. The van der Waals surface area contributed by atoms with Crippen LogP contribution in [0.25, 0.3) is 0 Å². The fraction of sp³-hybridized carbons (Fsp3) is 0.583. The molecule has 2 aliphatic carbocycles. The fourth-order valence-corrected chi connectivity index (χ4v) is 4.68. The van der Waals surface area contributed by atoms with Crippen LogP contribution < -0.4 is 10.6 Å². The Balaban J connectivity index is 1.78. The molecule has 28 heavy (non-hydrogen) atoms. The number of carbonyl (C=O) groups is 2. The van der Waals surface area contributed by atoms with Crippen LogP contribution in [0.2, 0.25) is 0 Å². The zero-order chi connectivity index (χ0) is 20.5. The van der Waals surface area contributed by atoms with E-state index in [9.17, 15) is 9.59 Å². The van der Waals surface area contributed by atoms with Crippen molar-refractivity contribution in [3.05, 3.63) is 41.5 Å². The molecule has 0 bridgehead atoms. The number of carbonyl (C=O) groups excluding carboxylic acids is 2. The second kappa shape index (κ2) is 7.73. The van der Waals surface area contributed by atoms with Gasteiger partial charge in [0.25, 0.3) is 0 Å². The Labute approximate surface area is 169 Å². The Hall–Kier alpha value is -2.10. The zero-order valence-corrected chi connectivity index (χ0v) is 17.9. The lowest BCUT2D eigenvalue weighted by atomic mass is 9.80. The molecule has 2 saturated carbocycles. The van der Waals surface area contributed by atoms with Crippen molar-refractivity contribution >= 4 is 17.5 Å². The number of nitrogens with one attached hydrogen (secondary N) is 2. The number of hydrogen-bond donors (Lipinski definition) is 2. The SMILES string of the molecule is CC(C)=C[C@@H]1[C@H](C(=O)NC2(C(=O)Nc3ccccc3C)CCCCC2)C1(C)C. The number of allylic oxidation sites excluding steroid dienone is 2. The molecule has 0 radical (unpaired) electrons. The lowest BCUT2D eigenvalue weighted by molar-refractivity contribution is -0.133. The van der Waals surface area contributed by atoms with Crippen molar-refractivity contribution in [2.45, 2.75) is 72.3 Å². The maximum Gasteiger partial charge on any atom is 0.250 e. The largest absolute Gasteiger partial charge is 0.341 e. The van der Waals surface area contributed by atoms with Crippen molar-refractivity contribution in [3.63, 3.8) is 0 Å². The van der Waals surface area contributed by atoms with Crippen molar-refractivity contribution in [2.24, 2.45) is 17.3 Å². The molecule has 2 fully saturated rings. The lowest BCUT2D eigenvalue weighted by Gasteiger charge is -2.37. The van der Waals surface area contributed by atoms with Crippen LogP contribution in [0.15, 0.2) is 35.9 Å². The first-order chi connectivity index (χ1) is 13.2. The van der Waals surface area contributed by atoms with Crippen LogP contribution in [0.4, 0.5) is 5.69 Å². The van der Waals surface area contributed by atoms with Gasteiger partial charge in [0.1, 0.15) is 5.54 Å². The first-order valence-electron chi connectivity index (χ1n) is 10.5. The van der Waals surface area contributed by atoms with Gasteiger partial charge >= 0.3 is 0 Å². The molecule has 2 aliphatic rings. The van der Waals surface area contributed by atoms with Crippen LogP contribution in [-0.4, -0.2) is 17.4 Å². The number of aryl methyl sites for hydroxylation is 1. The van der Waals surface area contributed by atoms with Gasteiger partial charge in [0.2, 0.25) is 11.8 Å². The summed E-state index contributed by atoms with van der Waals surface area (Å²) in [6, 6.07) is 7.78. The standard InChI is InChI=1S/C24H34N2O2/c1-16(2)15-18-20(23(18,4)5)21(27)26-24(13-9-6-10-14-24)22(28)25-19-12-8-7-11-17(19)3/h7-8,11-12,15,18,20H,6,9-10,13-14H2,1-5H3,(H,25,28)(H,26,27)/t18-,20-/m1/s1. The Morgan fingerprint density at radius 3 is 2.32 bits per heavy atom. The lowest BCUT2D eigenvalue weighted by Crippen LogP contribution is -2.58. The normalized spacial score (nSPS) is 24.8. The molecule has 2 amide bonds. The van der Waals surface area contributed by atoms with Crippen LogP contribution >= 0.6 is 0 Å². The summed E-state index contributed by atoms with van der Waals surface area (Å²) in [5.74, 6) is 0.131. The Bertz CT molecular complexity index is 784. The van der Waals surface area contributed by atoms with E-state index in [4.69, 9.17) is 0 Å². The predicted molar refractivity (Wildman–Crippen MR) is 114 cm³/mol. The maximum atomic E-state index is 13.3. The Kier molecular flexibility index (Phi) is 5.69. The minimum absolute atomic E-state index is 0.0225. The molecule has 4 heteroatoms. The van der Waals surface area contributed by atoms with Crippen LogP contribution in [0.1, 0.15) is 65.4 Å². The average molecular weight is 383 g/mol. The highest BCUT2D eigenvalue weighted by molar-refractivity contribution is 6.01. The quantitative estimate of drug-likeness (QED) is 0.705. The van der Waals surface area contributed by atoms with Crippen molar-refractivity contribution in [1.82, 2.24) is 5.32 Å². The van der Waals surface area contributed by atoms with Gasteiger partial charge in [-0.05, 0) is 56.6 Å². The van der Waals surface area contributed by atoms with E-state index in [2.05, 4.69) is 44.4 Å². The first-order valence-corrected chi connectivity index (χ1v) is 10.5. The smallest absolute Gasteiger partial charge is 0.250 e. The summed E-state index contributed by atoms with van der Waals surface area (Å²) >= 11 is 0. The van der Waals surface area contributed by atoms with Gasteiger partial charge in [-0.25, -0.2) is 0 Å². The highest BCUT2D eigenvalue weighted by atomic mass is 16.2. The molecule has 0 aliphatic heterocycles. The topological polar surface area (TPSA) is 58.2 Å². The Morgan fingerprint density at radius 2 is 1.71 bits per heavy atom. The number of amides is 2. The van der Waals surface area contributed by atoms with Gasteiger partial charge in [0, 0.05) is 5.69 Å². The molecular formula is C24H34N2O2. The third-order valence-electron chi connectivity index (χ3n) is 6.60. The molecule has 0 unspecified atom stereocenters. The first kappa shape index (κ1) is 20.6. The minimum Gasteiger partial charge on any atom is -0.341 e. The second-order valence-corrected chi connectivity index (χ2v) is 9.47. The highest BCUT2D eigenvalue weighted by Crippen LogP contribution is 2.59. The van der Waals surface area contributed by atoms with Gasteiger partial charge in [-0.3, -0.25) is 9.59 Å². The monoisotopic (exact) mass is 382 g/mol. The molecule has 0 aromatic heterocycles. The van der Waals surface area contributed by atoms with E-state index in [1.54, 1.807) is 0 Å².